The summed E-state index contributed by atoms with van der Waals surface area (Å²) < 4.78 is 80.5. The van der Waals surface area contributed by atoms with Gasteiger partial charge in [0.15, 0.2) is 0 Å². The Kier molecular flexibility index (Phi) is 5.90. The van der Waals surface area contributed by atoms with Crippen LogP contribution in [0.25, 0.3) is 0 Å². The normalized spacial score (nSPS) is 18.4. The maximum absolute atomic E-state index is 13.4. The molecule has 1 aromatic carbocycles. The van der Waals surface area contributed by atoms with Crippen molar-refractivity contribution in [2.75, 3.05) is 10.2 Å². The fraction of sp³-hybridized carbons (Fsp3) is 0.429. The van der Waals surface area contributed by atoms with Gasteiger partial charge >= 0.3 is 18.3 Å². The van der Waals surface area contributed by atoms with Crippen molar-refractivity contribution in [1.82, 2.24) is 20.4 Å². The molecular formula is C21H22F6N7+. The van der Waals surface area contributed by atoms with E-state index in [1.807, 2.05) is 19.1 Å². The van der Waals surface area contributed by atoms with E-state index in [-0.39, 0.29) is 30.2 Å². The number of fused-ring (bicyclic) bond motifs is 1. The minimum absolute atomic E-state index is 0.0376. The monoisotopic (exact) mass is 486 g/mol. The molecule has 4 rings (SSSR count). The third-order valence-electron chi connectivity index (χ3n) is 5.53. The van der Waals surface area contributed by atoms with Gasteiger partial charge < -0.3 is 10.2 Å². The Morgan fingerprint density at radius 2 is 1.71 bits per heavy atom. The van der Waals surface area contributed by atoms with E-state index < -0.39 is 29.5 Å². The number of alkyl halides is 6. The van der Waals surface area contributed by atoms with Crippen molar-refractivity contribution in [2.45, 2.75) is 51.2 Å². The second-order valence-electron chi connectivity index (χ2n) is 8.36. The van der Waals surface area contributed by atoms with Gasteiger partial charge in [-0.25, -0.2) is 0 Å². The highest BCUT2D eigenvalue weighted by Crippen LogP contribution is 2.40. The lowest BCUT2D eigenvalue weighted by Gasteiger charge is -2.36. The number of halogens is 6. The van der Waals surface area contributed by atoms with Crippen molar-refractivity contribution in [2.24, 2.45) is 7.05 Å². The molecule has 1 aliphatic heterocycles. The summed E-state index contributed by atoms with van der Waals surface area (Å²) in [4.78, 5) is 7.48. The molecule has 1 aliphatic rings. The first kappa shape index (κ1) is 23.8. The number of hydrogen-bond donors (Lipinski definition) is 2. The third kappa shape index (κ3) is 4.92. The summed E-state index contributed by atoms with van der Waals surface area (Å²) in [5.41, 5.74) is -0.835. The molecule has 3 heterocycles. The topological polar surface area (TPSA) is 73.6 Å². The van der Waals surface area contributed by atoms with Crippen LogP contribution in [-0.4, -0.2) is 26.4 Å². The minimum atomic E-state index is -4.94. The van der Waals surface area contributed by atoms with E-state index in [1.165, 1.54) is 4.80 Å². The standard InChI is InChI=1S/C21H21F6N7/c1-11-4-5-16-18(29-11)17(6-12(2)28-16)34(19-30-32-33(3)31-19)10-13-7-14(20(22,23)24)9-15(8-13)21(25,26)27/h4-5,7-9,12,17,28H,6,10H2,1-3H3/p+1/t12-,17+/m1/s1. The zero-order valence-electron chi connectivity index (χ0n) is 18.5. The van der Waals surface area contributed by atoms with Gasteiger partial charge in [-0.2, -0.15) is 26.3 Å². The lowest BCUT2D eigenvalue weighted by atomic mass is 9.95. The van der Waals surface area contributed by atoms with Gasteiger partial charge in [-0.1, -0.05) is 4.80 Å². The number of nitrogens with zero attached hydrogens (tertiary/aromatic N) is 5. The average Bonchev–Trinajstić information content (AvgIpc) is 3.16. The van der Waals surface area contributed by atoms with Crippen LogP contribution in [-0.2, 0) is 25.9 Å². The highest BCUT2D eigenvalue weighted by atomic mass is 19.4. The van der Waals surface area contributed by atoms with Crippen LogP contribution in [0.2, 0.25) is 0 Å². The van der Waals surface area contributed by atoms with Crippen LogP contribution < -0.4 is 15.0 Å². The number of anilines is 2. The van der Waals surface area contributed by atoms with Gasteiger partial charge in [0.25, 0.3) is 0 Å². The second kappa shape index (κ2) is 8.44. The van der Waals surface area contributed by atoms with Crippen LogP contribution in [0.4, 0.5) is 38.0 Å². The van der Waals surface area contributed by atoms with Gasteiger partial charge in [-0.3, -0.25) is 4.98 Å². The summed E-state index contributed by atoms with van der Waals surface area (Å²) in [5, 5.41) is 14.3. The summed E-state index contributed by atoms with van der Waals surface area (Å²) in [7, 11) is 1.57. The Morgan fingerprint density at radius 3 is 2.26 bits per heavy atom. The SMILES string of the molecule is Cc1ccc2c(n1)[C@@H](N(Cc1cc(C(F)(F)F)cc(C(F)(F)F)c1)c1n[nH][n+](C)n1)C[C@@H](C)N2. The van der Waals surface area contributed by atoms with Crippen molar-refractivity contribution in [1.29, 1.82) is 0 Å². The highest BCUT2D eigenvalue weighted by molar-refractivity contribution is 5.55. The number of aromatic nitrogens is 5. The molecule has 0 saturated heterocycles. The number of aromatic amines is 1. The molecule has 0 unspecified atom stereocenters. The molecule has 0 fully saturated rings. The smallest absolute Gasteiger partial charge is 0.381 e. The molecule has 2 aromatic heterocycles. The molecular weight excluding hydrogens is 464 g/mol. The van der Waals surface area contributed by atoms with Crippen LogP contribution in [0.15, 0.2) is 30.3 Å². The maximum atomic E-state index is 13.4. The van der Waals surface area contributed by atoms with Crippen molar-refractivity contribution < 1.29 is 31.1 Å². The zero-order chi connectivity index (χ0) is 24.8. The van der Waals surface area contributed by atoms with Crippen LogP contribution in [0, 0.1) is 6.92 Å². The Labute approximate surface area is 190 Å². The number of nitrogens with one attached hydrogen (secondary N) is 2. The van der Waals surface area contributed by atoms with Crippen LogP contribution >= 0.6 is 0 Å². The molecule has 2 N–H and O–H groups in total. The van der Waals surface area contributed by atoms with E-state index in [2.05, 4.69) is 25.7 Å². The Morgan fingerprint density at radius 1 is 1.06 bits per heavy atom. The van der Waals surface area contributed by atoms with E-state index in [9.17, 15) is 26.3 Å². The average molecular weight is 486 g/mol. The van der Waals surface area contributed by atoms with Gasteiger partial charge in [0.2, 0.25) is 0 Å². The van der Waals surface area contributed by atoms with Crippen LogP contribution in [0.3, 0.4) is 0 Å². The van der Waals surface area contributed by atoms with E-state index in [4.69, 9.17) is 0 Å². The molecule has 13 heteroatoms. The Bertz CT molecular complexity index is 1150. The quantitative estimate of drug-likeness (QED) is 0.425. The number of rotatable bonds is 4. The Hall–Kier alpha value is -3.38. The van der Waals surface area contributed by atoms with Crippen molar-refractivity contribution in [3.8, 4) is 0 Å². The van der Waals surface area contributed by atoms with Crippen molar-refractivity contribution >= 4 is 11.6 Å². The lowest BCUT2D eigenvalue weighted by Crippen LogP contribution is -2.39. The number of benzene rings is 1. The number of pyridine rings is 1. The first-order valence-electron chi connectivity index (χ1n) is 10.4. The Balaban J connectivity index is 1.83. The summed E-state index contributed by atoms with van der Waals surface area (Å²) in [6.45, 7) is 3.43. The number of aryl methyl sites for hydroxylation is 2. The molecule has 0 bridgehead atoms. The molecule has 0 spiro atoms. The molecule has 34 heavy (non-hydrogen) atoms. The minimum Gasteiger partial charge on any atom is -0.381 e. The molecule has 0 saturated carbocycles. The lowest BCUT2D eigenvalue weighted by molar-refractivity contribution is -0.783. The van der Waals surface area contributed by atoms with Crippen molar-refractivity contribution in [3.05, 3.63) is 58.4 Å². The fourth-order valence-electron chi connectivity index (χ4n) is 4.04. The predicted molar refractivity (Wildman–Crippen MR) is 110 cm³/mol. The van der Waals surface area contributed by atoms with Crippen LogP contribution in [0.5, 0.6) is 0 Å². The molecule has 2 atom stereocenters. The van der Waals surface area contributed by atoms with Gasteiger partial charge in [0, 0.05) is 23.4 Å². The van der Waals surface area contributed by atoms with E-state index in [1.54, 1.807) is 18.9 Å². The predicted octanol–water partition coefficient (Wildman–Crippen LogP) is 4.32. The van der Waals surface area contributed by atoms with Gasteiger partial charge in [0.1, 0.15) is 7.05 Å². The molecule has 0 aliphatic carbocycles. The summed E-state index contributed by atoms with van der Waals surface area (Å²) in [6, 6.07) is 4.71. The number of tetrazole rings is 1. The number of hydrogen-bond acceptors (Lipinski definition) is 5. The van der Waals surface area contributed by atoms with E-state index in [0.29, 0.717) is 12.1 Å². The molecule has 7 nitrogen and oxygen atoms in total. The van der Waals surface area contributed by atoms with Crippen molar-refractivity contribution in [3.63, 3.8) is 0 Å². The summed E-state index contributed by atoms with van der Waals surface area (Å²) >= 11 is 0. The molecule has 0 radical (unpaired) electrons. The molecule has 182 valence electrons. The first-order chi connectivity index (χ1) is 15.8. The first-order valence-corrected chi connectivity index (χ1v) is 10.4. The summed E-state index contributed by atoms with van der Waals surface area (Å²) in [6.07, 6.45) is -9.40. The van der Waals surface area contributed by atoms with Gasteiger partial charge in [-0.15, -0.1) is 0 Å². The van der Waals surface area contributed by atoms with E-state index in [0.717, 1.165) is 23.5 Å². The molecule has 0 amide bonds. The fourth-order valence-corrected chi connectivity index (χ4v) is 4.04. The second-order valence-corrected chi connectivity index (χ2v) is 8.36. The summed E-state index contributed by atoms with van der Waals surface area (Å²) in [5.74, 6) is 0.127. The molecule has 3 aromatic rings. The highest BCUT2D eigenvalue weighted by Gasteiger charge is 2.39. The maximum Gasteiger partial charge on any atom is 0.416 e. The number of H-pyrrole nitrogens is 1. The third-order valence-corrected chi connectivity index (χ3v) is 5.53. The zero-order valence-corrected chi connectivity index (χ0v) is 18.5. The van der Waals surface area contributed by atoms with Gasteiger partial charge in [0.05, 0.1) is 33.6 Å². The largest absolute Gasteiger partial charge is 0.416 e. The van der Waals surface area contributed by atoms with Crippen LogP contribution in [0.1, 0.15) is 47.5 Å². The van der Waals surface area contributed by atoms with E-state index >= 15 is 0 Å². The van der Waals surface area contributed by atoms with Gasteiger partial charge in [-0.05, 0) is 61.4 Å².